The number of carboxylic acid groups (broad SMARTS) is 1. The van der Waals surface area contributed by atoms with E-state index in [1.807, 2.05) is 0 Å². The minimum absolute atomic E-state index is 0.00375. The summed E-state index contributed by atoms with van der Waals surface area (Å²) in [5, 5.41) is 32.0. The zero-order valence-electron chi connectivity index (χ0n) is 40.8. The van der Waals surface area contributed by atoms with Crippen molar-refractivity contribution in [3.8, 4) is 0 Å². The van der Waals surface area contributed by atoms with E-state index < -0.39 is 157 Å². The molecular weight excluding hydrogens is 971 g/mol. The van der Waals surface area contributed by atoms with Crippen LogP contribution in [0.2, 0.25) is 0 Å². The number of aromatic amines is 1. The van der Waals surface area contributed by atoms with Gasteiger partial charge in [0, 0.05) is 36.2 Å². The number of rotatable bonds is 15. The van der Waals surface area contributed by atoms with E-state index in [9.17, 15) is 62.6 Å². The van der Waals surface area contributed by atoms with Crippen molar-refractivity contribution in [1.29, 1.82) is 0 Å². The lowest BCUT2D eigenvalue weighted by Crippen LogP contribution is -2.62. The van der Waals surface area contributed by atoms with Gasteiger partial charge in [-0.1, -0.05) is 69.6 Å². The van der Waals surface area contributed by atoms with Gasteiger partial charge in [0.25, 0.3) is 0 Å². The number of nitrogens with zero attached hydrogens (tertiary/aromatic N) is 1. The van der Waals surface area contributed by atoms with Crippen molar-refractivity contribution in [1.82, 2.24) is 57.8 Å². The number of imidazole rings is 1. The molecule has 0 bridgehead atoms. The Morgan fingerprint density at radius 2 is 1.37 bits per heavy atom. The van der Waals surface area contributed by atoms with Gasteiger partial charge in [-0.3, -0.25) is 52.7 Å². The fourth-order valence-corrected chi connectivity index (χ4v) is 8.97. The van der Waals surface area contributed by atoms with Gasteiger partial charge in [0.2, 0.25) is 59.1 Å². The van der Waals surface area contributed by atoms with Crippen molar-refractivity contribution in [3.05, 3.63) is 18.2 Å². The number of aldehydes is 1. The van der Waals surface area contributed by atoms with Crippen LogP contribution < -0.4 is 59.3 Å². The van der Waals surface area contributed by atoms with E-state index in [-0.39, 0.29) is 30.3 Å². The monoisotopic (exact) mass is 1040 g/mol. The Balaban J connectivity index is 2.68. The molecule has 0 aliphatic carbocycles. The number of carboxylic acids is 1. The van der Waals surface area contributed by atoms with Gasteiger partial charge in [-0.2, -0.15) is 0 Å². The van der Waals surface area contributed by atoms with Gasteiger partial charge in [-0.15, -0.1) is 0 Å². The minimum Gasteiger partial charge on any atom is -0.481 e. The Hall–Kier alpha value is -6.29. The molecule has 15 N–H and O–H groups in total. The van der Waals surface area contributed by atoms with E-state index in [1.165, 1.54) is 19.4 Å². The number of aromatic nitrogens is 2. The van der Waals surface area contributed by atoms with Crippen molar-refractivity contribution in [2.75, 3.05) is 18.1 Å². The highest BCUT2D eigenvalue weighted by Gasteiger charge is 2.37. The van der Waals surface area contributed by atoms with Gasteiger partial charge in [-0.25, -0.2) is 4.98 Å². The van der Waals surface area contributed by atoms with Gasteiger partial charge in [0.1, 0.15) is 48.6 Å². The summed E-state index contributed by atoms with van der Waals surface area (Å²) in [4.78, 5) is 166. The SMILES string of the molecule is CC[C@H](C)[C@@H]1NC(=O)[C@H](CC(C)C)NC(=O)[C@H](CC(N)=O)NC(=O)[C@@H](NC(=O)[C@H](C)N)CSSC[C@@H](C=O)NC(=O)[C@H](Cc2cnc[nH]2)NC(=O)CNC(=O)[C@H](CCC(=O)O)NC(=O)[C@H](C(C)C)NC1=O. The molecule has 1 aromatic heterocycles. The Bertz CT molecular complexity index is 2040. The first-order chi connectivity index (χ1) is 33.4. The molecule has 1 aromatic rings. The number of nitrogens with two attached hydrogens (primary N) is 2. The smallest absolute Gasteiger partial charge is 0.303 e. The summed E-state index contributed by atoms with van der Waals surface area (Å²) in [6.45, 7) is 10.7. The first kappa shape index (κ1) is 60.8. The average molecular weight is 1040 g/mol. The summed E-state index contributed by atoms with van der Waals surface area (Å²) in [7, 11) is 1.97. The van der Waals surface area contributed by atoms with Gasteiger partial charge in [-0.05, 0) is 37.5 Å². The van der Waals surface area contributed by atoms with Crippen molar-refractivity contribution < 1.29 is 62.6 Å². The standard InChI is InChI=1S/C43H69N13O13S2/c1-8-22(6)35-43(69)55-34(21(4)5)42(68)51-26(9-10-33(60)61)37(63)47-15-32(59)50-28(12-24-14-46-19-48-24)38(64)49-25(16-57)17-70-71-18-30(54-36(62)23(7)44)41(67)53-29(13-31(45)58)39(65)52-27(11-20(2)3)40(66)56-35/h14,16,19-23,25-30,34-35H,8-13,15,17-18,44H2,1-7H3,(H2,45,58)(H,46,48)(H,47,63)(H,49,64)(H,50,59)(H,51,68)(H,52,65)(H,53,67)(H,54,62)(H,55,69)(H,56,66)(H,60,61)/t22-,23-,25+,26-,27-,28-,29-,30-,34-,35-/m0/s1. The van der Waals surface area contributed by atoms with Crippen LogP contribution in [0.3, 0.4) is 0 Å². The van der Waals surface area contributed by atoms with Crippen molar-refractivity contribution in [2.45, 2.75) is 141 Å². The number of primary amides is 1. The maximum Gasteiger partial charge on any atom is 0.303 e. The van der Waals surface area contributed by atoms with Crippen LogP contribution in [-0.4, -0.2) is 159 Å². The summed E-state index contributed by atoms with van der Waals surface area (Å²) < 4.78 is 0. The van der Waals surface area contributed by atoms with Crippen molar-refractivity contribution in [2.24, 2.45) is 29.2 Å². The summed E-state index contributed by atoms with van der Waals surface area (Å²) in [5.74, 6) is -12.1. The second kappa shape index (κ2) is 30.4. The van der Waals surface area contributed by atoms with E-state index in [0.29, 0.717) is 18.4 Å². The van der Waals surface area contributed by atoms with Crippen LogP contribution in [0.1, 0.15) is 86.3 Å². The number of carbonyl (C=O) groups excluding carboxylic acids is 11. The highest BCUT2D eigenvalue weighted by molar-refractivity contribution is 8.76. The third kappa shape index (κ3) is 21.7. The molecule has 2 rings (SSSR count). The van der Waals surface area contributed by atoms with E-state index in [1.54, 1.807) is 41.5 Å². The van der Waals surface area contributed by atoms with Gasteiger partial charge in [0.15, 0.2) is 0 Å². The fourth-order valence-electron chi connectivity index (χ4n) is 6.67. The topological polar surface area (TPSA) is 414 Å². The third-order valence-electron chi connectivity index (χ3n) is 10.9. The van der Waals surface area contributed by atoms with Crippen molar-refractivity contribution >= 4 is 92.9 Å². The molecule has 10 atom stereocenters. The molecule has 0 saturated carbocycles. The average Bonchev–Trinajstić information content (AvgIpc) is 3.82. The molecule has 0 unspecified atom stereocenters. The number of carbonyl (C=O) groups is 12. The highest BCUT2D eigenvalue weighted by Crippen LogP contribution is 2.23. The molecule has 28 heteroatoms. The van der Waals surface area contributed by atoms with Gasteiger partial charge >= 0.3 is 5.97 Å². The van der Waals surface area contributed by atoms with Crippen LogP contribution >= 0.6 is 21.6 Å². The summed E-state index contributed by atoms with van der Waals surface area (Å²) in [6.07, 6.45) is 1.52. The molecule has 10 amide bonds. The van der Waals surface area contributed by atoms with Gasteiger partial charge < -0.3 is 74.2 Å². The molecule has 1 aliphatic heterocycles. The second-order valence-corrected chi connectivity index (χ2v) is 20.4. The van der Waals surface area contributed by atoms with Crippen LogP contribution in [-0.2, 0) is 64.0 Å². The molecule has 1 saturated heterocycles. The largest absolute Gasteiger partial charge is 0.481 e. The van der Waals surface area contributed by atoms with Crippen molar-refractivity contribution in [3.63, 3.8) is 0 Å². The number of nitrogens with one attached hydrogen (secondary N) is 10. The lowest BCUT2D eigenvalue weighted by Gasteiger charge is -2.31. The molecule has 71 heavy (non-hydrogen) atoms. The van der Waals surface area contributed by atoms with E-state index in [4.69, 9.17) is 11.5 Å². The van der Waals surface area contributed by atoms with E-state index in [2.05, 4.69) is 57.8 Å². The number of aliphatic carboxylic acids is 1. The fraction of sp³-hybridized carbons (Fsp3) is 0.651. The summed E-state index contributed by atoms with van der Waals surface area (Å²) in [5.41, 5.74) is 11.6. The quantitative estimate of drug-likeness (QED) is 0.0596. The van der Waals surface area contributed by atoms with Crippen LogP contribution in [0, 0.1) is 17.8 Å². The number of H-pyrrole nitrogens is 1. The van der Waals surface area contributed by atoms with E-state index in [0.717, 1.165) is 21.6 Å². The first-order valence-corrected chi connectivity index (χ1v) is 25.5. The minimum atomic E-state index is -1.68. The lowest BCUT2D eigenvalue weighted by atomic mass is 9.95. The first-order valence-electron chi connectivity index (χ1n) is 23.0. The molecule has 0 spiro atoms. The zero-order chi connectivity index (χ0) is 53.5. The molecule has 1 aliphatic rings. The molecular formula is C43H69N13O13S2. The Morgan fingerprint density at radius 3 is 1.93 bits per heavy atom. The lowest BCUT2D eigenvalue weighted by molar-refractivity contribution is -0.139. The summed E-state index contributed by atoms with van der Waals surface area (Å²) in [6, 6.07) is -12.3. The summed E-state index contributed by atoms with van der Waals surface area (Å²) >= 11 is 0. The zero-order valence-corrected chi connectivity index (χ0v) is 42.4. The molecule has 26 nitrogen and oxygen atoms in total. The van der Waals surface area contributed by atoms with Gasteiger partial charge in [0.05, 0.1) is 31.4 Å². The van der Waals surface area contributed by atoms with E-state index >= 15 is 0 Å². The van der Waals surface area contributed by atoms with Crippen LogP contribution in [0.4, 0.5) is 0 Å². The molecule has 396 valence electrons. The maximum absolute atomic E-state index is 14.1. The van der Waals surface area contributed by atoms with Crippen LogP contribution in [0.15, 0.2) is 12.5 Å². The number of amides is 10. The molecule has 2 heterocycles. The maximum atomic E-state index is 14.1. The predicted octanol–water partition coefficient (Wildman–Crippen LogP) is -3.62. The predicted molar refractivity (Wildman–Crippen MR) is 260 cm³/mol. The molecule has 0 radical (unpaired) electrons. The third-order valence-corrected chi connectivity index (χ3v) is 13.3. The Labute approximate surface area is 418 Å². The normalized spacial score (nSPS) is 25.4. The second-order valence-electron chi connectivity index (χ2n) is 17.8. The Morgan fingerprint density at radius 1 is 0.775 bits per heavy atom. The number of hydrogen-bond donors (Lipinski definition) is 13. The highest BCUT2D eigenvalue weighted by atomic mass is 33.1. The molecule has 0 aromatic carbocycles. The molecule has 1 fully saturated rings. The number of hydrogen-bond acceptors (Lipinski definition) is 16. The van der Waals surface area contributed by atoms with Crippen LogP contribution in [0.25, 0.3) is 0 Å². The van der Waals surface area contributed by atoms with Crippen LogP contribution in [0.5, 0.6) is 0 Å². The Kier molecular flexibility index (Phi) is 26.1.